The maximum absolute atomic E-state index is 9.96. The van der Waals surface area contributed by atoms with Gasteiger partial charge in [0.05, 0.1) is 0 Å². The van der Waals surface area contributed by atoms with E-state index in [1.807, 2.05) is 0 Å². The van der Waals surface area contributed by atoms with Crippen LogP contribution in [0.5, 0.6) is 0 Å². The predicted molar refractivity (Wildman–Crippen MR) is 59.2 cm³/mol. The first-order chi connectivity index (χ1) is 7.44. The minimum atomic E-state index is -1.93. The second kappa shape index (κ2) is 5.41. The molecule has 90 valence electrons. The summed E-state index contributed by atoms with van der Waals surface area (Å²) < 4.78 is 0. The molecule has 4 N–H and O–H groups in total. The standard InChI is InChI=1S/C12H18O4/c1-9(7-8-11(13)14)12(15,16)10-5-3-2-4-6-10/h2-6,9,11,13-16H,7-8H2,1H3. The SMILES string of the molecule is CC(CCC(O)O)C(O)(O)c1ccccc1. The van der Waals surface area contributed by atoms with Gasteiger partial charge < -0.3 is 20.4 Å². The fraction of sp³-hybridized carbons (Fsp3) is 0.500. The molecule has 0 heterocycles. The second-order valence-corrected chi connectivity index (χ2v) is 4.05. The summed E-state index contributed by atoms with van der Waals surface area (Å²) in [5.74, 6) is -2.41. The van der Waals surface area contributed by atoms with E-state index >= 15 is 0 Å². The normalized spacial score (nSPS) is 14.1. The Kier molecular flexibility index (Phi) is 4.44. The van der Waals surface area contributed by atoms with Crippen LogP contribution in [-0.2, 0) is 5.79 Å². The van der Waals surface area contributed by atoms with Crippen molar-refractivity contribution in [2.45, 2.75) is 31.8 Å². The van der Waals surface area contributed by atoms with Crippen LogP contribution in [0.15, 0.2) is 30.3 Å². The maximum Gasteiger partial charge on any atom is 0.192 e. The molecule has 0 spiro atoms. The van der Waals surface area contributed by atoms with Gasteiger partial charge in [-0.05, 0) is 12.8 Å². The lowest BCUT2D eigenvalue weighted by molar-refractivity contribution is -0.210. The third-order valence-electron chi connectivity index (χ3n) is 2.74. The zero-order valence-corrected chi connectivity index (χ0v) is 9.24. The molecule has 1 aromatic rings. The zero-order valence-electron chi connectivity index (χ0n) is 9.24. The van der Waals surface area contributed by atoms with E-state index in [0.717, 1.165) is 0 Å². The summed E-state index contributed by atoms with van der Waals surface area (Å²) in [6.45, 7) is 1.66. The molecule has 1 rings (SSSR count). The summed E-state index contributed by atoms with van der Waals surface area (Å²) in [6, 6.07) is 8.51. The Hall–Kier alpha value is -0.940. The van der Waals surface area contributed by atoms with Crippen LogP contribution in [0.25, 0.3) is 0 Å². The van der Waals surface area contributed by atoms with Gasteiger partial charge in [0.1, 0.15) is 0 Å². The van der Waals surface area contributed by atoms with Gasteiger partial charge in [0.15, 0.2) is 12.1 Å². The van der Waals surface area contributed by atoms with Crippen LogP contribution < -0.4 is 0 Å². The van der Waals surface area contributed by atoms with Crippen molar-refractivity contribution in [3.63, 3.8) is 0 Å². The molecule has 0 aliphatic rings. The van der Waals surface area contributed by atoms with E-state index in [-0.39, 0.29) is 6.42 Å². The molecule has 0 aliphatic heterocycles. The number of aliphatic hydroxyl groups is 4. The van der Waals surface area contributed by atoms with Gasteiger partial charge in [-0.3, -0.25) is 0 Å². The van der Waals surface area contributed by atoms with Crippen LogP contribution >= 0.6 is 0 Å². The molecule has 0 bridgehead atoms. The summed E-state index contributed by atoms with van der Waals surface area (Å²) in [4.78, 5) is 0. The number of hydrogen-bond donors (Lipinski definition) is 4. The molecule has 0 fully saturated rings. The summed E-state index contributed by atoms with van der Waals surface area (Å²) in [5, 5.41) is 37.4. The Balaban J connectivity index is 2.69. The molecule has 0 aliphatic carbocycles. The van der Waals surface area contributed by atoms with Crippen LogP contribution in [0, 0.1) is 5.92 Å². The first-order valence-electron chi connectivity index (χ1n) is 5.31. The Bertz CT molecular complexity index is 308. The molecule has 0 saturated heterocycles. The third-order valence-corrected chi connectivity index (χ3v) is 2.74. The van der Waals surface area contributed by atoms with Crippen molar-refractivity contribution >= 4 is 0 Å². The monoisotopic (exact) mass is 226 g/mol. The van der Waals surface area contributed by atoms with E-state index in [1.165, 1.54) is 0 Å². The lowest BCUT2D eigenvalue weighted by Gasteiger charge is -2.29. The van der Waals surface area contributed by atoms with Gasteiger partial charge in [0, 0.05) is 11.5 Å². The van der Waals surface area contributed by atoms with E-state index in [9.17, 15) is 10.2 Å². The van der Waals surface area contributed by atoms with E-state index in [0.29, 0.717) is 12.0 Å². The van der Waals surface area contributed by atoms with Gasteiger partial charge in [0.2, 0.25) is 0 Å². The van der Waals surface area contributed by atoms with Crippen LogP contribution in [-0.4, -0.2) is 26.7 Å². The molecule has 4 nitrogen and oxygen atoms in total. The lowest BCUT2D eigenvalue weighted by atomic mass is 9.89. The topological polar surface area (TPSA) is 80.9 Å². The molecule has 1 aromatic carbocycles. The molecule has 16 heavy (non-hydrogen) atoms. The summed E-state index contributed by atoms with van der Waals surface area (Å²) in [7, 11) is 0. The van der Waals surface area contributed by atoms with Gasteiger partial charge in [0.25, 0.3) is 0 Å². The molecule has 0 saturated carbocycles. The Morgan fingerprint density at radius 1 is 1.06 bits per heavy atom. The molecule has 4 heteroatoms. The molecule has 1 unspecified atom stereocenters. The van der Waals surface area contributed by atoms with Gasteiger partial charge in [-0.1, -0.05) is 37.3 Å². The van der Waals surface area contributed by atoms with Gasteiger partial charge in [-0.2, -0.15) is 0 Å². The van der Waals surface area contributed by atoms with Gasteiger partial charge in [-0.25, -0.2) is 0 Å². The van der Waals surface area contributed by atoms with E-state index in [4.69, 9.17) is 10.2 Å². The van der Waals surface area contributed by atoms with Crippen molar-refractivity contribution in [2.24, 2.45) is 5.92 Å². The minimum Gasteiger partial charge on any atom is -0.368 e. The minimum absolute atomic E-state index is 0.122. The molecule has 0 aromatic heterocycles. The first kappa shape index (κ1) is 13.1. The highest BCUT2D eigenvalue weighted by Gasteiger charge is 2.32. The first-order valence-corrected chi connectivity index (χ1v) is 5.31. The van der Waals surface area contributed by atoms with Crippen LogP contribution in [0.1, 0.15) is 25.3 Å². The number of hydrogen-bond acceptors (Lipinski definition) is 4. The Morgan fingerprint density at radius 2 is 1.62 bits per heavy atom. The predicted octanol–water partition coefficient (Wildman–Crippen LogP) is 0.551. The van der Waals surface area contributed by atoms with Crippen molar-refractivity contribution in [2.75, 3.05) is 0 Å². The largest absolute Gasteiger partial charge is 0.368 e. The summed E-state index contributed by atoms with van der Waals surface area (Å²) >= 11 is 0. The number of benzene rings is 1. The lowest BCUT2D eigenvalue weighted by Crippen LogP contribution is -2.33. The fourth-order valence-electron chi connectivity index (χ4n) is 1.57. The van der Waals surface area contributed by atoms with E-state index < -0.39 is 18.0 Å². The molecule has 1 atom stereocenters. The Labute approximate surface area is 94.8 Å². The highest BCUT2D eigenvalue weighted by molar-refractivity contribution is 5.20. The van der Waals surface area contributed by atoms with Crippen LogP contribution in [0.3, 0.4) is 0 Å². The number of aliphatic hydroxyl groups excluding tert-OH is 1. The highest BCUT2D eigenvalue weighted by Crippen LogP contribution is 2.29. The maximum atomic E-state index is 9.96. The van der Waals surface area contributed by atoms with Crippen molar-refractivity contribution in [1.29, 1.82) is 0 Å². The van der Waals surface area contributed by atoms with E-state index in [1.54, 1.807) is 37.3 Å². The highest BCUT2D eigenvalue weighted by atomic mass is 16.5. The van der Waals surface area contributed by atoms with Crippen molar-refractivity contribution in [3.05, 3.63) is 35.9 Å². The quantitative estimate of drug-likeness (QED) is 0.553. The third kappa shape index (κ3) is 3.28. The number of rotatable bonds is 5. The summed E-state index contributed by atoms with van der Waals surface area (Å²) in [6.07, 6.45) is -0.967. The molecular weight excluding hydrogens is 208 g/mol. The zero-order chi connectivity index (χ0) is 12.2. The smallest absolute Gasteiger partial charge is 0.192 e. The van der Waals surface area contributed by atoms with Crippen LogP contribution in [0.2, 0.25) is 0 Å². The van der Waals surface area contributed by atoms with Crippen molar-refractivity contribution < 1.29 is 20.4 Å². The fourth-order valence-corrected chi connectivity index (χ4v) is 1.57. The average molecular weight is 226 g/mol. The molecule has 0 radical (unpaired) electrons. The van der Waals surface area contributed by atoms with Crippen LogP contribution in [0.4, 0.5) is 0 Å². The summed E-state index contributed by atoms with van der Waals surface area (Å²) in [5.41, 5.74) is 0.412. The van der Waals surface area contributed by atoms with E-state index in [2.05, 4.69) is 0 Å². The Morgan fingerprint density at radius 3 is 2.12 bits per heavy atom. The van der Waals surface area contributed by atoms with Gasteiger partial charge >= 0.3 is 0 Å². The second-order valence-electron chi connectivity index (χ2n) is 4.05. The van der Waals surface area contributed by atoms with Crippen molar-refractivity contribution in [1.82, 2.24) is 0 Å². The molecular formula is C12H18O4. The van der Waals surface area contributed by atoms with Crippen molar-refractivity contribution in [3.8, 4) is 0 Å². The van der Waals surface area contributed by atoms with Gasteiger partial charge in [-0.15, -0.1) is 0 Å². The molecule has 0 amide bonds. The average Bonchev–Trinajstić information content (AvgIpc) is 2.27.